The van der Waals surface area contributed by atoms with Gasteiger partial charge in [-0.05, 0) is 31.2 Å². The molecule has 1 aromatic rings. The molecule has 0 saturated carbocycles. The summed E-state index contributed by atoms with van der Waals surface area (Å²) < 4.78 is 0. The molecule has 0 spiro atoms. The lowest BCUT2D eigenvalue weighted by Crippen LogP contribution is -2.11. The second-order valence-corrected chi connectivity index (χ2v) is 3.77. The van der Waals surface area contributed by atoms with Crippen LogP contribution in [-0.4, -0.2) is 11.5 Å². The van der Waals surface area contributed by atoms with Crippen molar-refractivity contribution in [2.45, 2.75) is 20.4 Å². The van der Waals surface area contributed by atoms with Gasteiger partial charge in [-0.25, -0.2) is 0 Å². The zero-order valence-corrected chi connectivity index (χ0v) is 9.45. The maximum Gasteiger partial charge on any atom is 0.0765 e. The van der Waals surface area contributed by atoms with Gasteiger partial charge in [0, 0.05) is 12.2 Å². The van der Waals surface area contributed by atoms with E-state index in [1.165, 1.54) is 5.56 Å². The largest absolute Gasteiger partial charge is 0.350 e. The first-order valence-corrected chi connectivity index (χ1v) is 5.20. The van der Waals surface area contributed by atoms with Gasteiger partial charge in [-0.15, -0.1) is 0 Å². The fraction of sp³-hybridized carbons (Fsp3) is 0.364. The van der Waals surface area contributed by atoms with Crippen LogP contribution in [-0.2, 0) is 6.54 Å². The first-order valence-electron chi connectivity index (χ1n) is 4.79. The third-order valence-electron chi connectivity index (χ3n) is 1.85. The van der Waals surface area contributed by atoms with E-state index < -0.39 is 0 Å². The number of benzene rings is 1. The molecule has 0 amide bonds. The number of thiocarbonyl (C=S) groups is 1. The lowest BCUT2D eigenvalue weighted by Gasteiger charge is -2.05. The first kappa shape index (κ1) is 11.1. The van der Waals surface area contributed by atoms with E-state index in [1.807, 2.05) is 19.1 Å². The summed E-state index contributed by atoms with van der Waals surface area (Å²) in [5.74, 6) is 0. The molecule has 0 saturated heterocycles. The van der Waals surface area contributed by atoms with E-state index in [9.17, 15) is 0 Å². The molecule has 1 aromatic carbocycles. The Morgan fingerprint density at radius 3 is 2.43 bits per heavy atom. The third kappa shape index (κ3) is 3.85. The molecule has 2 N–H and O–H groups in total. The van der Waals surface area contributed by atoms with E-state index in [1.54, 1.807) is 0 Å². The SMILES string of the molecule is CCNCc1ccc(NC(C)=S)cc1. The van der Waals surface area contributed by atoms with Crippen LogP contribution in [0, 0.1) is 0 Å². The van der Waals surface area contributed by atoms with E-state index in [0.29, 0.717) is 0 Å². The Kier molecular flexibility index (Phi) is 4.56. The van der Waals surface area contributed by atoms with Crippen molar-refractivity contribution in [1.82, 2.24) is 5.32 Å². The molecule has 0 aliphatic heterocycles. The predicted octanol–water partition coefficient (Wildman–Crippen LogP) is 2.56. The zero-order valence-electron chi connectivity index (χ0n) is 8.63. The average molecular weight is 208 g/mol. The molecule has 3 heteroatoms. The van der Waals surface area contributed by atoms with E-state index in [0.717, 1.165) is 23.8 Å². The van der Waals surface area contributed by atoms with Crippen molar-refractivity contribution in [2.75, 3.05) is 11.9 Å². The van der Waals surface area contributed by atoms with Crippen LogP contribution >= 0.6 is 12.2 Å². The predicted molar refractivity (Wildman–Crippen MR) is 65.7 cm³/mol. The molecule has 0 fully saturated rings. The summed E-state index contributed by atoms with van der Waals surface area (Å²) in [7, 11) is 0. The lowest BCUT2D eigenvalue weighted by atomic mass is 10.2. The molecule has 0 heterocycles. The molecular weight excluding hydrogens is 192 g/mol. The first-order chi connectivity index (χ1) is 6.72. The van der Waals surface area contributed by atoms with Crippen LogP contribution < -0.4 is 10.6 Å². The highest BCUT2D eigenvalue weighted by atomic mass is 32.1. The van der Waals surface area contributed by atoms with Crippen LogP contribution in [0.15, 0.2) is 24.3 Å². The van der Waals surface area contributed by atoms with Crippen LogP contribution in [0.25, 0.3) is 0 Å². The maximum atomic E-state index is 4.96. The third-order valence-corrected chi connectivity index (χ3v) is 1.96. The summed E-state index contributed by atoms with van der Waals surface area (Å²) in [5.41, 5.74) is 2.34. The topological polar surface area (TPSA) is 24.1 Å². The number of hydrogen-bond donors (Lipinski definition) is 2. The van der Waals surface area contributed by atoms with Crippen LogP contribution in [0.5, 0.6) is 0 Å². The van der Waals surface area contributed by atoms with Crippen molar-refractivity contribution in [1.29, 1.82) is 0 Å². The molecule has 0 aliphatic carbocycles. The Balaban J connectivity index is 2.54. The fourth-order valence-electron chi connectivity index (χ4n) is 1.18. The van der Waals surface area contributed by atoms with Gasteiger partial charge in [0.05, 0.1) is 4.99 Å². The van der Waals surface area contributed by atoms with Crippen molar-refractivity contribution in [2.24, 2.45) is 0 Å². The Bertz CT molecular complexity index is 293. The Labute approximate surface area is 90.7 Å². The van der Waals surface area contributed by atoms with Crippen molar-refractivity contribution in [3.05, 3.63) is 29.8 Å². The van der Waals surface area contributed by atoms with E-state index in [-0.39, 0.29) is 0 Å². The molecule has 1 rings (SSSR count). The van der Waals surface area contributed by atoms with Gasteiger partial charge in [-0.2, -0.15) is 0 Å². The molecule has 0 aliphatic rings. The lowest BCUT2D eigenvalue weighted by molar-refractivity contribution is 0.727. The Hall–Kier alpha value is -0.930. The van der Waals surface area contributed by atoms with Gasteiger partial charge in [-0.1, -0.05) is 31.3 Å². The Morgan fingerprint density at radius 1 is 1.29 bits per heavy atom. The van der Waals surface area contributed by atoms with Crippen LogP contribution in [0.2, 0.25) is 0 Å². The summed E-state index contributed by atoms with van der Waals surface area (Å²) in [6, 6.07) is 8.29. The molecule has 0 atom stereocenters. The van der Waals surface area contributed by atoms with E-state index in [2.05, 4.69) is 29.7 Å². The molecular formula is C11H16N2S. The minimum absolute atomic E-state index is 0.796. The molecule has 0 unspecified atom stereocenters. The second kappa shape index (κ2) is 5.73. The van der Waals surface area contributed by atoms with Crippen molar-refractivity contribution >= 4 is 22.9 Å². The second-order valence-electron chi connectivity index (χ2n) is 3.16. The monoisotopic (exact) mass is 208 g/mol. The quantitative estimate of drug-likeness (QED) is 0.744. The summed E-state index contributed by atoms with van der Waals surface area (Å²) >= 11 is 4.96. The summed E-state index contributed by atoms with van der Waals surface area (Å²) in [4.78, 5) is 0.796. The van der Waals surface area contributed by atoms with Crippen molar-refractivity contribution in [3.63, 3.8) is 0 Å². The van der Waals surface area contributed by atoms with Gasteiger partial charge in [0.15, 0.2) is 0 Å². The fourth-order valence-corrected chi connectivity index (χ4v) is 1.30. The molecule has 76 valence electrons. The van der Waals surface area contributed by atoms with Gasteiger partial charge in [0.1, 0.15) is 0 Å². The Morgan fingerprint density at radius 2 is 1.93 bits per heavy atom. The van der Waals surface area contributed by atoms with Crippen molar-refractivity contribution < 1.29 is 0 Å². The van der Waals surface area contributed by atoms with Gasteiger partial charge in [0.2, 0.25) is 0 Å². The van der Waals surface area contributed by atoms with Crippen molar-refractivity contribution in [3.8, 4) is 0 Å². The van der Waals surface area contributed by atoms with E-state index >= 15 is 0 Å². The molecule has 0 bridgehead atoms. The minimum atomic E-state index is 0.796. The molecule has 0 radical (unpaired) electrons. The number of nitrogens with one attached hydrogen (secondary N) is 2. The molecule has 2 nitrogen and oxygen atoms in total. The smallest absolute Gasteiger partial charge is 0.0765 e. The number of anilines is 1. The van der Waals surface area contributed by atoms with Crippen LogP contribution in [0.4, 0.5) is 5.69 Å². The average Bonchev–Trinajstić information content (AvgIpc) is 2.16. The minimum Gasteiger partial charge on any atom is -0.350 e. The number of hydrogen-bond acceptors (Lipinski definition) is 2. The standard InChI is InChI=1S/C11H16N2S/c1-3-12-8-10-4-6-11(7-5-10)13-9(2)14/h4-7,12H,3,8H2,1-2H3,(H,13,14). The van der Waals surface area contributed by atoms with Gasteiger partial charge < -0.3 is 10.6 Å². The highest BCUT2D eigenvalue weighted by Crippen LogP contribution is 2.09. The van der Waals surface area contributed by atoms with Gasteiger partial charge in [0.25, 0.3) is 0 Å². The van der Waals surface area contributed by atoms with Gasteiger partial charge in [-0.3, -0.25) is 0 Å². The normalized spacial score (nSPS) is 9.86. The summed E-state index contributed by atoms with van der Waals surface area (Å²) in [5, 5.41) is 6.38. The number of rotatable bonds is 4. The van der Waals surface area contributed by atoms with E-state index in [4.69, 9.17) is 12.2 Å². The molecule has 14 heavy (non-hydrogen) atoms. The summed E-state index contributed by atoms with van der Waals surface area (Å²) in [6.45, 7) is 5.90. The summed E-state index contributed by atoms with van der Waals surface area (Å²) in [6.07, 6.45) is 0. The zero-order chi connectivity index (χ0) is 10.4. The highest BCUT2D eigenvalue weighted by molar-refractivity contribution is 7.80. The van der Waals surface area contributed by atoms with Gasteiger partial charge >= 0.3 is 0 Å². The van der Waals surface area contributed by atoms with Crippen LogP contribution in [0.1, 0.15) is 19.4 Å². The maximum absolute atomic E-state index is 4.96. The highest BCUT2D eigenvalue weighted by Gasteiger charge is 1.93. The molecule has 0 aromatic heterocycles. The van der Waals surface area contributed by atoms with Crippen LogP contribution in [0.3, 0.4) is 0 Å².